The normalized spacial score (nSPS) is 11.4. The maximum absolute atomic E-state index is 12.8. The molecule has 180 valence electrons. The number of rotatable bonds is 6. The third-order valence-corrected chi connectivity index (χ3v) is 5.34. The number of pyridine rings is 1. The number of halogens is 1. The van der Waals surface area contributed by atoms with E-state index in [2.05, 4.69) is 10.3 Å². The lowest BCUT2D eigenvalue weighted by molar-refractivity contribution is -0.136. The molecule has 1 atom stereocenters. The van der Waals surface area contributed by atoms with E-state index in [0.717, 1.165) is 5.39 Å². The first-order valence-electron chi connectivity index (χ1n) is 10.8. The zero-order valence-corrected chi connectivity index (χ0v) is 19.7. The standard InChI is InChI=1S/C27H19ClN2O6/c1-16(29-24(31)18-8-3-2-4-9-18)25(32)35-23-14-12-19(28)15-20(23)26(33)36-27(34)22-13-11-17-7-5-6-10-21(17)30-22/h2-16H,1H3,(H,29,31). The largest absolute Gasteiger partial charge is 0.424 e. The van der Waals surface area contributed by atoms with Crippen LogP contribution in [0.4, 0.5) is 0 Å². The smallest absolute Gasteiger partial charge is 0.364 e. The lowest BCUT2D eigenvalue weighted by Crippen LogP contribution is -2.40. The van der Waals surface area contributed by atoms with Crippen LogP contribution in [0.5, 0.6) is 5.75 Å². The van der Waals surface area contributed by atoms with Gasteiger partial charge in [0.15, 0.2) is 0 Å². The highest BCUT2D eigenvalue weighted by Crippen LogP contribution is 2.25. The van der Waals surface area contributed by atoms with E-state index < -0.39 is 29.9 Å². The number of carbonyl (C=O) groups is 4. The first-order chi connectivity index (χ1) is 17.3. The van der Waals surface area contributed by atoms with Gasteiger partial charge >= 0.3 is 17.9 Å². The Morgan fingerprint density at radius 2 is 1.58 bits per heavy atom. The number of nitrogens with one attached hydrogen (secondary N) is 1. The average Bonchev–Trinajstić information content (AvgIpc) is 2.89. The maximum Gasteiger partial charge on any atom is 0.364 e. The Morgan fingerprint density at radius 1 is 0.861 bits per heavy atom. The number of aromatic nitrogens is 1. The molecule has 0 aliphatic heterocycles. The summed E-state index contributed by atoms with van der Waals surface area (Å²) >= 11 is 6.01. The third kappa shape index (κ3) is 5.73. The van der Waals surface area contributed by atoms with Crippen molar-refractivity contribution in [2.45, 2.75) is 13.0 Å². The summed E-state index contributed by atoms with van der Waals surface area (Å²) in [6.07, 6.45) is 0. The van der Waals surface area contributed by atoms with Gasteiger partial charge in [-0.2, -0.15) is 0 Å². The van der Waals surface area contributed by atoms with E-state index in [1.165, 1.54) is 31.2 Å². The minimum Gasteiger partial charge on any atom is -0.424 e. The van der Waals surface area contributed by atoms with Crippen LogP contribution in [0.1, 0.15) is 38.1 Å². The molecule has 9 heteroatoms. The number of esters is 3. The fourth-order valence-corrected chi connectivity index (χ4v) is 3.42. The summed E-state index contributed by atoms with van der Waals surface area (Å²) in [4.78, 5) is 54.5. The van der Waals surface area contributed by atoms with Gasteiger partial charge in [0, 0.05) is 16.0 Å². The molecule has 1 amide bonds. The van der Waals surface area contributed by atoms with Crippen LogP contribution >= 0.6 is 11.6 Å². The number of amides is 1. The van der Waals surface area contributed by atoms with Crippen LogP contribution in [0.15, 0.2) is 84.9 Å². The van der Waals surface area contributed by atoms with E-state index in [9.17, 15) is 19.2 Å². The Hall–Kier alpha value is -4.56. The summed E-state index contributed by atoms with van der Waals surface area (Å²) < 4.78 is 10.3. The van der Waals surface area contributed by atoms with Crippen LogP contribution < -0.4 is 10.1 Å². The van der Waals surface area contributed by atoms with E-state index in [-0.39, 0.29) is 22.0 Å². The first-order valence-corrected chi connectivity index (χ1v) is 11.2. The second kappa shape index (κ2) is 10.8. The van der Waals surface area contributed by atoms with Gasteiger partial charge in [-0.1, -0.05) is 54.1 Å². The van der Waals surface area contributed by atoms with Crippen LogP contribution in [-0.4, -0.2) is 34.8 Å². The molecule has 4 aromatic rings. The molecule has 1 heterocycles. The van der Waals surface area contributed by atoms with E-state index >= 15 is 0 Å². The monoisotopic (exact) mass is 502 g/mol. The van der Waals surface area contributed by atoms with Gasteiger partial charge in [-0.3, -0.25) is 4.79 Å². The Balaban J connectivity index is 1.47. The van der Waals surface area contributed by atoms with Crippen molar-refractivity contribution in [1.29, 1.82) is 0 Å². The summed E-state index contributed by atoms with van der Waals surface area (Å²) in [5.41, 5.74) is 0.614. The number of carbonyl (C=O) groups excluding carboxylic acids is 4. The van der Waals surface area contributed by atoms with Crippen molar-refractivity contribution in [2.24, 2.45) is 0 Å². The second-order valence-corrected chi connectivity index (χ2v) is 8.13. The fraction of sp³-hybridized carbons (Fsp3) is 0.0741. The Morgan fingerprint density at radius 3 is 2.36 bits per heavy atom. The molecule has 0 saturated carbocycles. The Bertz CT molecular complexity index is 1470. The van der Waals surface area contributed by atoms with Gasteiger partial charge in [0.25, 0.3) is 5.91 Å². The van der Waals surface area contributed by atoms with Gasteiger partial charge in [0.05, 0.1) is 5.52 Å². The number of benzene rings is 3. The van der Waals surface area contributed by atoms with Crippen molar-refractivity contribution in [3.05, 3.63) is 107 Å². The first kappa shape index (κ1) is 24.6. The summed E-state index contributed by atoms with van der Waals surface area (Å²) in [6.45, 7) is 1.44. The minimum atomic E-state index is -1.08. The molecule has 1 N–H and O–H groups in total. The van der Waals surface area contributed by atoms with E-state index in [1.54, 1.807) is 48.5 Å². The number of nitrogens with zero attached hydrogens (tertiary/aromatic N) is 1. The highest BCUT2D eigenvalue weighted by atomic mass is 35.5. The number of hydrogen-bond donors (Lipinski definition) is 1. The molecule has 1 aromatic heterocycles. The van der Waals surface area contributed by atoms with E-state index in [4.69, 9.17) is 21.1 Å². The quantitative estimate of drug-likeness (QED) is 0.233. The lowest BCUT2D eigenvalue weighted by Gasteiger charge is -2.15. The Labute approximate surface area is 210 Å². The van der Waals surface area contributed by atoms with Gasteiger partial charge in [-0.25, -0.2) is 19.4 Å². The molecule has 0 radical (unpaired) electrons. The molecule has 3 aromatic carbocycles. The van der Waals surface area contributed by atoms with Crippen molar-refractivity contribution >= 4 is 46.3 Å². The minimum absolute atomic E-state index is 0.0696. The molecule has 0 saturated heterocycles. The molecular weight excluding hydrogens is 484 g/mol. The SMILES string of the molecule is CC(NC(=O)c1ccccc1)C(=O)Oc1ccc(Cl)cc1C(=O)OC(=O)c1ccc2ccccc2n1. The van der Waals surface area contributed by atoms with Crippen molar-refractivity contribution in [2.75, 3.05) is 0 Å². The lowest BCUT2D eigenvalue weighted by atomic mass is 10.2. The highest BCUT2D eigenvalue weighted by molar-refractivity contribution is 6.31. The van der Waals surface area contributed by atoms with Gasteiger partial charge in [-0.05, 0) is 49.4 Å². The summed E-state index contributed by atoms with van der Waals surface area (Å²) in [6, 6.07) is 21.5. The van der Waals surface area contributed by atoms with Crippen LogP contribution in [0.25, 0.3) is 10.9 Å². The zero-order valence-electron chi connectivity index (χ0n) is 18.9. The van der Waals surface area contributed by atoms with Crippen molar-refractivity contribution < 1.29 is 28.7 Å². The molecule has 0 spiro atoms. The van der Waals surface area contributed by atoms with Crippen LogP contribution in [0.2, 0.25) is 5.02 Å². The topological polar surface area (TPSA) is 112 Å². The molecule has 0 aliphatic rings. The number of para-hydroxylation sites is 1. The molecule has 0 fully saturated rings. The zero-order chi connectivity index (χ0) is 25.7. The van der Waals surface area contributed by atoms with Crippen LogP contribution in [-0.2, 0) is 9.53 Å². The Kier molecular flexibility index (Phi) is 7.36. The van der Waals surface area contributed by atoms with Crippen molar-refractivity contribution in [3.8, 4) is 5.75 Å². The molecule has 1 unspecified atom stereocenters. The number of ether oxygens (including phenoxy) is 2. The van der Waals surface area contributed by atoms with Crippen LogP contribution in [0, 0.1) is 0 Å². The summed E-state index contributed by atoms with van der Waals surface area (Å²) in [7, 11) is 0. The fourth-order valence-electron chi connectivity index (χ4n) is 3.25. The molecule has 8 nitrogen and oxygen atoms in total. The van der Waals surface area contributed by atoms with Gasteiger partial charge in [0.1, 0.15) is 23.0 Å². The molecule has 4 rings (SSSR count). The van der Waals surface area contributed by atoms with E-state index in [1.807, 2.05) is 12.1 Å². The predicted octanol–water partition coefficient (Wildman–Crippen LogP) is 4.61. The molecular formula is C27H19ClN2O6. The number of hydrogen-bond acceptors (Lipinski definition) is 7. The van der Waals surface area contributed by atoms with Gasteiger partial charge in [-0.15, -0.1) is 0 Å². The van der Waals surface area contributed by atoms with Crippen molar-refractivity contribution in [3.63, 3.8) is 0 Å². The maximum atomic E-state index is 12.8. The number of fused-ring (bicyclic) bond motifs is 1. The molecule has 36 heavy (non-hydrogen) atoms. The second-order valence-electron chi connectivity index (χ2n) is 7.69. The highest BCUT2D eigenvalue weighted by Gasteiger charge is 2.24. The molecule has 0 bridgehead atoms. The third-order valence-electron chi connectivity index (χ3n) is 5.10. The predicted molar refractivity (Wildman–Crippen MR) is 132 cm³/mol. The van der Waals surface area contributed by atoms with Gasteiger partial charge < -0.3 is 14.8 Å². The summed E-state index contributed by atoms with van der Waals surface area (Å²) in [5, 5.41) is 3.50. The van der Waals surface area contributed by atoms with Crippen molar-refractivity contribution in [1.82, 2.24) is 10.3 Å². The molecule has 0 aliphatic carbocycles. The average molecular weight is 503 g/mol. The van der Waals surface area contributed by atoms with Crippen LogP contribution in [0.3, 0.4) is 0 Å². The summed E-state index contributed by atoms with van der Waals surface area (Å²) in [5.74, 6) is -3.55. The van der Waals surface area contributed by atoms with Gasteiger partial charge in [0.2, 0.25) is 0 Å². The van der Waals surface area contributed by atoms with E-state index in [0.29, 0.717) is 11.1 Å².